The highest BCUT2D eigenvalue weighted by Crippen LogP contribution is 2.44. The molecule has 0 fully saturated rings. The number of nitrogens with zero attached hydrogens (tertiary/aromatic N) is 1. The molecule has 1 nitrogen and oxygen atoms in total. The molecule has 1 heterocycles. The van der Waals surface area contributed by atoms with Gasteiger partial charge in [-0.1, -0.05) is 164 Å². The normalized spacial score (nSPS) is 11.6. The molecule has 0 saturated heterocycles. The Bertz CT molecular complexity index is 3230. The molecule has 0 unspecified atom stereocenters. The van der Waals surface area contributed by atoms with E-state index in [4.69, 9.17) is 0 Å². The molecular weight excluding hydrogens is 695 g/mol. The van der Waals surface area contributed by atoms with Crippen molar-refractivity contribution in [2.45, 2.75) is 0 Å². The zero-order chi connectivity index (χ0) is 37.0. The van der Waals surface area contributed by atoms with E-state index in [0.717, 1.165) is 17.1 Å². The van der Waals surface area contributed by atoms with Gasteiger partial charge in [0.05, 0.1) is 0 Å². The number of benzene rings is 10. The average molecular weight is 730 g/mol. The standard InChI is InChI=1S/C54H35NS/c1-2-12-36(13-3-1)37-24-29-41(30-25-37)55(43-16-10-15-40(34-43)45-21-11-22-50-49-20-8-9-23-53(49)56-54(45)50)42-31-26-39(27-32-42)51-35-52-44-17-5-4-14-38(44)28-33-48(52)46-18-6-7-19-47(46)51/h1-35H. The lowest BCUT2D eigenvalue weighted by Gasteiger charge is -2.26. The highest BCUT2D eigenvalue weighted by Gasteiger charge is 2.17. The minimum Gasteiger partial charge on any atom is -0.310 e. The van der Waals surface area contributed by atoms with Crippen molar-refractivity contribution in [3.8, 4) is 33.4 Å². The molecule has 0 N–H and O–H groups in total. The van der Waals surface area contributed by atoms with E-state index in [2.05, 4.69) is 217 Å². The van der Waals surface area contributed by atoms with Crippen LogP contribution in [0.3, 0.4) is 0 Å². The van der Waals surface area contributed by atoms with Crippen LogP contribution in [0.1, 0.15) is 0 Å². The molecule has 0 bridgehead atoms. The topological polar surface area (TPSA) is 3.24 Å². The highest BCUT2D eigenvalue weighted by atomic mass is 32.1. The first-order valence-corrected chi connectivity index (χ1v) is 20.0. The maximum atomic E-state index is 2.40. The highest BCUT2D eigenvalue weighted by molar-refractivity contribution is 7.26. The maximum Gasteiger partial charge on any atom is 0.0467 e. The van der Waals surface area contributed by atoms with Crippen molar-refractivity contribution in [2.75, 3.05) is 4.90 Å². The van der Waals surface area contributed by atoms with Gasteiger partial charge in [-0.25, -0.2) is 0 Å². The van der Waals surface area contributed by atoms with Gasteiger partial charge < -0.3 is 4.90 Å². The molecule has 2 heteroatoms. The summed E-state index contributed by atoms with van der Waals surface area (Å²) in [5, 5.41) is 10.3. The van der Waals surface area contributed by atoms with Crippen molar-refractivity contribution in [3.05, 3.63) is 212 Å². The predicted molar refractivity (Wildman–Crippen MR) is 243 cm³/mol. The van der Waals surface area contributed by atoms with Gasteiger partial charge in [-0.15, -0.1) is 11.3 Å². The van der Waals surface area contributed by atoms with E-state index in [1.54, 1.807) is 0 Å². The van der Waals surface area contributed by atoms with Crippen LogP contribution in [0.5, 0.6) is 0 Å². The van der Waals surface area contributed by atoms with Crippen LogP contribution in [0.25, 0.3) is 85.9 Å². The number of rotatable bonds is 6. The molecule has 56 heavy (non-hydrogen) atoms. The molecule has 0 aliphatic heterocycles. The largest absolute Gasteiger partial charge is 0.310 e. The lowest BCUT2D eigenvalue weighted by Crippen LogP contribution is -2.10. The summed E-state index contributed by atoms with van der Waals surface area (Å²) in [7, 11) is 0. The SMILES string of the molecule is c1ccc(-c2ccc(N(c3ccc(-c4cc5c6ccccc6ccc5c5ccccc45)cc3)c3cccc(-c4cccc5c4sc4ccccc45)c3)cc2)cc1. The fourth-order valence-electron chi connectivity index (χ4n) is 8.56. The molecular formula is C54H35NS. The number of thiophene rings is 1. The molecule has 0 spiro atoms. The number of hydrogen-bond donors (Lipinski definition) is 0. The molecule has 0 amide bonds. The molecule has 0 aliphatic rings. The summed E-state index contributed by atoms with van der Waals surface area (Å²) < 4.78 is 2.64. The Kier molecular flexibility index (Phi) is 7.75. The van der Waals surface area contributed by atoms with Gasteiger partial charge in [-0.2, -0.15) is 0 Å². The molecule has 0 aliphatic carbocycles. The minimum absolute atomic E-state index is 1.11. The smallest absolute Gasteiger partial charge is 0.0467 e. The van der Waals surface area contributed by atoms with E-state index in [1.807, 2.05) is 11.3 Å². The van der Waals surface area contributed by atoms with Crippen LogP contribution in [-0.4, -0.2) is 0 Å². The van der Waals surface area contributed by atoms with Crippen molar-refractivity contribution in [1.82, 2.24) is 0 Å². The van der Waals surface area contributed by atoms with E-state index in [1.165, 1.54) is 85.9 Å². The van der Waals surface area contributed by atoms with Crippen LogP contribution >= 0.6 is 11.3 Å². The third kappa shape index (κ3) is 5.46. The van der Waals surface area contributed by atoms with E-state index in [0.29, 0.717) is 0 Å². The number of anilines is 3. The number of hydrogen-bond acceptors (Lipinski definition) is 2. The van der Waals surface area contributed by atoms with Crippen molar-refractivity contribution >= 4 is 80.9 Å². The summed E-state index contributed by atoms with van der Waals surface area (Å²) in [6.45, 7) is 0. The van der Waals surface area contributed by atoms with Crippen molar-refractivity contribution in [3.63, 3.8) is 0 Å². The van der Waals surface area contributed by atoms with Crippen molar-refractivity contribution < 1.29 is 0 Å². The van der Waals surface area contributed by atoms with Gasteiger partial charge in [0, 0.05) is 37.2 Å². The van der Waals surface area contributed by atoms with Crippen molar-refractivity contribution in [2.24, 2.45) is 0 Å². The Hall–Kier alpha value is -7.00. The first kappa shape index (κ1) is 32.4. The molecule has 10 aromatic carbocycles. The van der Waals surface area contributed by atoms with Gasteiger partial charge in [0.15, 0.2) is 0 Å². The van der Waals surface area contributed by atoms with E-state index >= 15 is 0 Å². The first-order valence-electron chi connectivity index (χ1n) is 19.2. The zero-order valence-corrected chi connectivity index (χ0v) is 31.4. The third-order valence-corrected chi connectivity index (χ3v) is 12.5. The molecule has 1 aromatic heterocycles. The van der Waals surface area contributed by atoms with E-state index < -0.39 is 0 Å². The van der Waals surface area contributed by atoms with Crippen LogP contribution in [0.4, 0.5) is 17.1 Å². The van der Waals surface area contributed by atoms with Crippen LogP contribution in [-0.2, 0) is 0 Å². The molecule has 11 aromatic rings. The third-order valence-electron chi connectivity index (χ3n) is 11.3. The Labute approximate surface area is 330 Å². The lowest BCUT2D eigenvalue weighted by molar-refractivity contribution is 1.28. The van der Waals surface area contributed by atoms with E-state index in [-0.39, 0.29) is 0 Å². The molecule has 0 saturated carbocycles. The van der Waals surface area contributed by atoms with E-state index in [9.17, 15) is 0 Å². The summed E-state index contributed by atoms with van der Waals surface area (Å²) in [4.78, 5) is 2.39. The fraction of sp³-hybridized carbons (Fsp3) is 0. The Morgan fingerprint density at radius 3 is 1.68 bits per heavy atom. The quantitative estimate of drug-likeness (QED) is 0.154. The molecule has 0 atom stereocenters. The second-order valence-corrected chi connectivity index (χ2v) is 15.5. The summed E-state index contributed by atoms with van der Waals surface area (Å²) >= 11 is 1.88. The maximum absolute atomic E-state index is 2.40. The van der Waals surface area contributed by atoms with Gasteiger partial charge >= 0.3 is 0 Å². The van der Waals surface area contributed by atoms with Crippen LogP contribution in [0.15, 0.2) is 212 Å². The lowest BCUT2D eigenvalue weighted by atomic mass is 9.91. The molecule has 262 valence electrons. The molecule has 0 radical (unpaired) electrons. The van der Waals surface area contributed by atoms with Gasteiger partial charge in [0.1, 0.15) is 0 Å². The second-order valence-electron chi connectivity index (χ2n) is 14.5. The van der Waals surface area contributed by atoms with Gasteiger partial charge in [0.2, 0.25) is 0 Å². The Morgan fingerprint density at radius 1 is 0.286 bits per heavy atom. The van der Waals surface area contributed by atoms with Crippen LogP contribution < -0.4 is 4.90 Å². The summed E-state index contributed by atoms with van der Waals surface area (Å²) in [6.07, 6.45) is 0. The summed E-state index contributed by atoms with van der Waals surface area (Å²) in [6, 6.07) is 77.7. The summed E-state index contributed by atoms with van der Waals surface area (Å²) in [5.41, 5.74) is 10.6. The van der Waals surface area contributed by atoms with Crippen LogP contribution in [0.2, 0.25) is 0 Å². The first-order chi connectivity index (χ1) is 27.8. The van der Waals surface area contributed by atoms with Crippen molar-refractivity contribution in [1.29, 1.82) is 0 Å². The summed E-state index contributed by atoms with van der Waals surface area (Å²) in [5.74, 6) is 0. The second kappa shape index (κ2) is 13.4. The van der Waals surface area contributed by atoms with Gasteiger partial charge in [-0.3, -0.25) is 0 Å². The average Bonchev–Trinajstić information content (AvgIpc) is 3.66. The minimum atomic E-state index is 1.11. The number of fused-ring (bicyclic) bond motifs is 8. The van der Waals surface area contributed by atoms with Crippen LogP contribution in [0, 0.1) is 0 Å². The predicted octanol–water partition coefficient (Wildman–Crippen LogP) is 16.0. The van der Waals surface area contributed by atoms with Gasteiger partial charge in [-0.05, 0) is 114 Å². The fourth-order valence-corrected chi connectivity index (χ4v) is 9.80. The monoisotopic (exact) mass is 729 g/mol. The molecule has 11 rings (SSSR count). The van der Waals surface area contributed by atoms with Gasteiger partial charge in [0.25, 0.3) is 0 Å². The Balaban J connectivity index is 1.06. The zero-order valence-electron chi connectivity index (χ0n) is 30.6. The Morgan fingerprint density at radius 2 is 0.875 bits per heavy atom.